The van der Waals surface area contributed by atoms with E-state index in [0.717, 1.165) is 16.8 Å². The molecule has 2 amide bonds. The van der Waals surface area contributed by atoms with Gasteiger partial charge in [0.05, 0.1) is 6.54 Å². The number of carbonyl (C=O) groups is 2. The van der Waals surface area contributed by atoms with Crippen molar-refractivity contribution in [1.29, 1.82) is 0 Å². The molecule has 118 valence electrons. The third-order valence-electron chi connectivity index (χ3n) is 3.27. The maximum atomic E-state index is 11.9. The van der Waals surface area contributed by atoms with E-state index in [1.807, 2.05) is 32.0 Å². The van der Waals surface area contributed by atoms with E-state index < -0.39 is 0 Å². The molecule has 1 aromatic carbocycles. The molecule has 21 heavy (non-hydrogen) atoms. The number of anilines is 1. The number of rotatable bonds is 6. The molecular formula is C15H24ClN3O2. The Balaban J connectivity index is 0.00000400. The largest absolute Gasteiger partial charge is 0.336 e. The van der Waals surface area contributed by atoms with Crippen molar-refractivity contribution >= 4 is 29.9 Å². The number of carbonyl (C=O) groups excluding carboxylic acids is 2. The molecule has 0 heterocycles. The SMILES string of the molecule is CNCCC(=O)N(C)CC(=O)Nc1cccc(C)c1C.Cl. The monoisotopic (exact) mass is 313 g/mol. The first kappa shape index (κ1) is 19.4. The van der Waals surface area contributed by atoms with Gasteiger partial charge in [-0.2, -0.15) is 0 Å². The highest BCUT2D eigenvalue weighted by molar-refractivity contribution is 5.95. The van der Waals surface area contributed by atoms with Crippen molar-refractivity contribution < 1.29 is 9.59 Å². The van der Waals surface area contributed by atoms with Crippen LogP contribution in [0.15, 0.2) is 18.2 Å². The Hall–Kier alpha value is -1.59. The highest BCUT2D eigenvalue weighted by Gasteiger charge is 2.13. The summed E-state index contributed by atoms with van der Waals surface area (Å²) in [7, 11) is 3.43. The maximum Gasteiger partial charge on any atom is 0.243 e. The van der Waals surface area contributed by atoms with Crippen LogP contribution >= 0.6 is 12.4 Å². The Kier molecular flexibility index (Phi) is 8.66. The molecule has 6 heteroatoms. The molecule has 2 N–H and O–H groups in total. The second kappa shape index (κ2) is 9.37. The van der Waals surface area contributed by atoms with Crippen LogP contribution in [0.2, 0.25) is 0 Å². The van der Waals surface area contributed by atoms with Gasteiger partial charge in [-0.1, -0.05) is 12.1 Å². The molecule has 0 saturated carbocycles. The van der Waals surface area contributed by atoms with Crippen molar-refractivity contribution in [1.82, 2.24) is 10.2 Å². The van der Waals surface area contributed by atoms with Crippen molar-refractivity contribution in [3.8, 4) is 0 Å². The lowest BCUT2D eigenvalue weighted by atomic mass is 10.1. The number of aryl methyl sites for hydroxylation is 1. The zero-order valence-corrected chi connectivity index (χ0v) is 13.8. The summed E-state index contributed by atoms with van der Waals surface area (Å²) in [6.45, 7) is 4.64. The fourth-order valence-electron chi connectivity index (χ4n) is 1.80. The van der Waals surface area contributed by atoms with Crippen molar-refractivity contribution in [3.63, 3.8) is 0 Å². The van der Waals surface area contributed by atoms with E-state index in [9.17, 15) is 9.59 Å². The van der Waals surface area contributed by atoms with E-state index in [4.69, 9.17) is 0 Å². The molecule has 0 aliphatic rings. The van der Waals surface area contributed by atoms with Gasteiger partial charge < -0.3 is 15.5 Å². The van der Waals surface area contributed by atoms with Gasteiger partial charge in [0.2, 0.25) is 11.8 Å². The Morgan fingerprint density at radius 1 is 1.24 bits per heavy atom. The molecule has 0 fully saturated rings. The third-order valence-corrected chi connectivity index (χ3v) is 3.27. The van der Waals surface area contributed by atoms with Crippen LogP contribution in [0.25, 0.3) is 0 Å². The topological polar surface area (TPSA) is 61.4 Å². The average molecular weight is 314 g/mol. The number of amides is 2. The van der Waals surface area contributed by atoms with Crippen LogP contribution in [0, 0.1) is 13.8 Å². The number of likely N-dealkylation sites (N-methyl/N-ethyl adjacent to an activating group) is 1. The van der Waals surface area contributed by atoms with Gasteiger partial charge in [0.25, 0.3) is 0 Å². The van der Waals surface area contributed by atoms with Crippen LogP contribution in [-0.2, 0) is 9.59 Å². The number of benzene rings is 1. The van der Waals surface area contributed by atoms with Crippen molar-refractivity contribution in [2.45, 2.75) is 20.3 Å². The molecule has 0 radical (unpaired) electrons. The number of nitrogens with zero attached hydrogens (tertiary/aromatic N) is 1. The highest BCUT2D eigenvalue weighted by Crippen LogP contribution is 2.17. The molecule has 0 spiro atoms. The molecule has 0 aliphatic carbocycles. The summed E-state index contributed by atoms with van der Waals surface area (Å²) in [5.41, 5.74) is 2.97. The van der Waals surface area contributed by atoms with Gasteiger partial charge in [-0.05, 0) is 38.1 Å². The summed E-state index contributed by atoms with van der Waals surface area (Å²) < 4.78 is 0. The number of hydrogen-bond acceptors (Lipinski definition) is 3. The first-order chi connectivity index (χ1) is 9.45. The smallest absolute Gasteiger partial charge is 0.243 e. The molecule has 0 aliphatic heterocycles. The van der Waals surface area contributed by atoms with E-state index in [2.05, 4.69) is 10.6 Å². The lowest BCUT2D eigenvalue weighted by molar-refractivity contribution is -0.133. The fourth-order valence-corrected chi connectivity index (χ4v) is 1.80. The van der Waals surface area contributed by atoms with Gasteiger partial charge in [-0.15, -0.1) is 12.4 Å². The zero-order chi connectivity index (χ0) is 15.1. The highest BCUT2D eigenvalue weighted by atomic mass is 35.5. The Labute approximate surface area is 132 Å². The second-order valence-electron chi connectivity index (χ2n) is 4.90. The lowest BCUT2D eigenvalue weighted by Crippen LogP contribution is -2.36. The maximum absolute atomic E-state index is 11.9. The second-order valence-corrected chi connectivity index (χ2v) is 4.90. The van der Waals surface area contributed by atoms with E-state index in [1.165, 1.54) is 4.90 Å². The van der Waals surface area contributed by atoms with Crippen molar-refractivity contribution in [2.75, 3.05) is 32.5 Å². The van der Waals surface area contributed by atoms with E-state index in [-0.39, 0.29) is 30.8 Å². The predicted molar refractivity (Wildman–Crippen MR) is 88.0 cm³/mol. The average Bonchev–Trinajstić information content (AvgIpc) is 2.41. The quantitative estimate of drug-likeness (QED) is 0.841. The molecule has 5 nitrogen and oxygen atoms in total. The van der Waals surface area contributed by atoms with E-state index in [0.29, 0.717) is 13.0 Å². The first-order valence-corrected chi connectivity index (χ1v) is 6.70. The third kappa shape index (κ3) is 6.14. The summed E-state index contributed by atoms with van der Waals surface area (Å²) in [6, 6.07) is 5.77. The number of hydrogen-bond donors (Lipinski definition) is 2. The van der Waals surface area contributed by atoms with Crippen LogP contribution in [-0.4, -0.2) is 43.9 Å². The number of halogens is 1. The molecule has 0 atom stereocenters. The zero-order valence-electron chi connectivity index (χ0n) is 13.0. The van der Waals surface area contributed by atoms with Gasteiger partial charge in [0.15, 0.2) is 0 Å². The predicted octanol–water partition coefficient (Wildman–Crippen LogP) is 1.73. The molecule has 1 rings (SSSR count). The fraction of sp³-hybridized carbons (Fsp3) is 0.467. The molecular weight excluding hydrogens is 290 g/mol. The van der Waals surface area contributed by atoms with Gasteiger partial charge in [-0.3, -0.25) is 9.59 Å². The molecule has 1 aromatic rings. The van der Waals surface area contributed by atoms with Gasteiger partial charge in [-0.25, -0.2) is 0 Å². The van der Waals surface area contributed by atoms with E-state index >= 15 is 0 Å². The molecule has 0 aromatic heterocycles. The normalized spacial score (nSPS) is 9.71. The standard InChI is InChI=1S/C15H23N3O2.ClH/c1-11-6-5-7-13(12(11)2)17-14(19)10-18(4)15(20)8-9-16-3;/h5-7,16H,8-10H2,1-4H3,(H,17,19);1H. The van der Waals surface area contributed by atoms with Crippen LogP contribution in [0.4, 0.5) is 5.69 Å². The number of nitrogens with one attached hydrogen (secondary N) is 2. The summed E-state index contributed by atoms with van der Waals surface area (Å²) >= 11 is 0. The van der Waals surface area contributed by atoms with Crippen LogP contribution < -0.4 is 10.6 Å². The van der Waals surface area contributed by atoms with Crippen molar-refractivity contribution in [3.05, 3.63) is 29.3 Å². The van der Waals surface area contributed by atoms with Gasteiger partial charge >= 0.3 is 0 Å². The minimum absolute atomic E-state index is 0. The lowest BCUT2D eigenvalue weighted by Gasteiger charge is -2.17. The van der Waals surface area contributed by atoms with Gasteiger partial charge in [0, 0.05) is 25.7 Å². The van der Waals surface area contributed by atoms with Crippen LogP contribution in [0.5, 0.6) is 0 Å². The minimum atomic E-state index is -0.181. The summed E-state index contributed by atoms with van der Waals surface area (Å²) in [4.78, 5) is 25.1. The van der Waals surface area contributed by atoms with Gasteiger partial charge in [0.1, 0.15) is 0 Å². The minimum Gasteiger partial charge on any atom is -0.336 e. The van der Waals surface area contributed by atoms with Crippen LogP contribution in [0.3, 0.4) is 0 Å². The summed E-state index contributed by atoms with van der Waals surface area (Å²) in [5, 5.41) is 5.76. The Morgan fingerprint density at radius 3 is 2.52 bits per heavy atom. The molecule has 0 unspecified atom stereocenters. The van der Waals surface area contributed by atoms with Crippen LogP contribution in [0.1, 0.15) is 17.5 Å². The summed E-state index contributed by atoms with van der Waals surface area (Å²) in [6.07, 6.45) is 0.393. The molecule has 0 bridgehead atoms. The Morgan fingerprint density at radius 2 is 1.90 bits per heavy atom. The van der Waals surface area contributed by atoms with E-state index in [1.54, 1.807) is 14.1 Å². The molecule has 0 saturated heterocycles. The Bertz CT molecular complexity index is 492. The summed E-state index contributed by atoms with van der Waals surface area (Å²) in [5.74, 6) is -0.227. The van der Waals surface area contributed by atoms with Crippen molar-refractivity contribution in [2.24, 2.45) is 0 Å². The first-order valence-electron chi connectivity index (χ1n) is 6.70.